The highest BCUT2D eigenvalue weighted by atomic mass is 15.1. The smallest absolute Gasteiger partial charge is 0.0710 e. The van der Waals surface area contributed by atoms with Crippen molar-refractivity contribution in [1.82, 2.24) is 20.5 Å². The first-order chi connectivity index (χ1) is 10.9. The fraction of sp³-hybridized carbons (Fsp3) is 0.556. The molecule has 4 heteroatoms. The zero-order valence-corrected chi connectivity index (χ0v) is 13.4. The second-order valence-corrected chi connectivity index (χ2v) is 6.44. The van der Waals surface area contributed by atoms with Crippen molar-refractivity contribution in [3.8, 4) is 11.3 Å². The molecule has 1 fully saturated rings. The lowest BCUT2D eigenvalue weighted by atomic mass is 9.81. The molecule has 0 radical (unpaired) electrons. The molecule has 2 aromatic rings. The number of aromatic amines is 1. The predicted octanol–water partition coefficient (Wildman–Crippen LogP) is 3.78. The maximum Gasteiger partial charge on any atom is 0.0710 e. The van der Waals surface area contributed by atoms with E-state index in [0.29, 0.717) is 0 Å². The Labute approximate surface area is 132 Å². The fourth-order valence-corrected chi connectivity index (χ4v) is 3.46. The van der Waals surface area contributed by atoms with Crippen molar-refractivity contribution in [3.05, 3.63) is 36.3 Å². The van der Waals surface area contributed by atoms with Crippen LogP contribution in [0.5, 0.6) is 0 Å². The van der Waals surface area contributed by atoms with Crippen LogP contribution in [-0.2, 0) is 6.54 Å². The highest BCUT2D eigenvalue weighted by Gasteiger charge is 2.19. The Kier molecular flexibility index (Phi) is 5.22. The van der Waals surface area contributed by atoms with Crippen LogP contribution in [0.15, 0.2) is 30.7 Å². The zero-order valence-electron chi connectivity index (χ0n) is 13.4. The third kappa shape index (κ3) is 3.74. The van der Waals surface area contributed by atoms with Crippen LogP contribution in [0.2, 0.25) is 0 Å². The summed E-state index contributed by atoms with van der Waals surface area (Å²) >= 11 is 0. The molecule has 0 atom stereocenters. The third-order valence-electron chi connectivity index (χ3n) is 4.96. The monoisotopic (exact) mass is 298 g/mol. The molecule has 2 aromatic heterocycles. The molecule has 1 saturated carbocycles. The van der Waals surface area contributed by atoms with Crippen LogP contribution < -0.4 is 5.32 Å². The van der Waals surface area contributed by atoms with E-state index in [2.05, 4.69) is 33.5 Å². The predicted molar refractivity (Wildman–Crippen MR) is 89.3 cm³/mol. The van der Waals surface area contributed by atoms with Crippen molar-refractivity contribution in [3.63, 3.8) is 0 Å². The van der Waals surface area contributed by atoms with Gasteiger partial charge in [0.2, 0.25) is 0 Å². The van der Waals surface area contributed by atoms with Gasteiger partial charge in [0.1, 0.15) is 0 Å². The molecule has 4 nitrogen and oxygen atoms in total. The summed E-state index contributed by atoms with van der Waals surface area (Å²) in [6, 6.07) is 4.02. The standard InChI is InChI=1S/C18H26N4/c1-2-14-5-7-15(8-6-14)10-20-12-17-13-21-22-18(17)16-4-3-9-19-11-16/h3-4,9,11,13-15,20H,2,5-8,10,12H2,1H3,(H,21,22). The Hall–Kier alpha value is -1.68. The summed E-state index contributed by atoms with van der Waals surface area (Å²) in [5, 5.41) is 10.9. The second kappa shape index (κ2) is 7.54. The molecule has 1 aliphatic carbocycles. The van der Waals surface area contributed by atoms with E-state index in [1.165, 1.54) is 37.7 Å². The van der Waals surface area contributed by atoms with Gasteiger partial charge in [0, 0.05) is 30.1 Å². The van der Waals surface area contributed by atoms with E-state index < -0.39 is 0 Å². The van der Waals surface area contributed by atoms with Crippen LogP contribution in [0.25, 0.3) is 11.3 Å². The Balaban J connectivity index is 1.50. The summed E-state index contributed by atoms with van der Waals surface area (Å²) in [5.74, 6) is 1.82. The molecule has 1 aliphatic rings. The lowest BCUT2D eigenvalue weighted by molar-refractivity contribution is 0.262. The largest absolute Gasteiger partial charge is 0.312 e. The number of H-pyrrole nitrogens is 1. The van der Waals surface area contributed by atoms with E-state index in [1.807, 2.05) is 18.5 Å². The summed E-state index contributed by atoms with van der Waals surface area (Å²) in [4.78, 5) is 4.18. The van der Waals surface area contributed by atoms with Crippen molar-refractivity contribution < 1.29 is 0 Å². The Morgan fingerprint density at radius 1 is 1.18 bits per heavy atom. The van der Waals surface area contributed by atoms with Crippen LogP contribution in [0.3, 0.4) is 0 Å². The van der Waals surface area contributed by atoms with Gasteiger partial charge in [-0.15, -0.1) is 0 Å². The molecule has 0 unspecified atom stereocenters. The topological polar surface area (TPSA) is 53.6 Å². The Morgan fingerprint density at radius 2 is 2.00 bits per heavy atom. The van der Waals surface area contributed by atoms with Gasteiger partial charge in [-0.3, -0.25) is 10.1 Å². The summed E-state index contributed by atoms with van der Waals surface area (Å²) in [7, 11) is 0. The lowest BCUT2D eigenvalue weighted by Crippen LogP contribution is -2.26. The van der Waals surface area contributed by atoms with Gasteiger partial charge in [0.15, 0.2) is 0 Å². The number of aromatic nitrogens is 3. The number of rotatable bonds is 6. The SMILES string of the molecule is CCC1CCC(CNCc2cn[nH]c2-c2cccnc2)CC1. The fourth-order valence-electron chi connectivity index (χ4n) is 3.46. The Morgan fingerprint density at radius 3 is 2.73 bits per heavy atom. The normalized spacial score (nSPS) is 21.9. The van der Waals surface area contributed by atoms with Crippen molar-refractivity contribution in [2.24, 2.45) is 11.8 Å². The maximum absolute atomic E-state index is 4.19. The van der Waals surface area contributed by atoms with Crippen molar-refractivity contribution >= 4 is 0 Å². The van der Waals surface area contributed by atoms with Gasteiger partial charge in [-0.05, 0) is 43.4 Å². The van der Waals surface area contributed by atoms with Crippen LogP contribution in [0.1, 0.15) is 44.6 Å². The van der Waals surface area contributed by atoms with Crippen molar-refractivity contribution in [2.75, 3.05) is 6.54 Å². The van der Waals surface area contributed by atoms with Gasteiger partial charge >= 0.3 is 0 Å². The number of nitrogens with one attached hydrogen (secondary N) is 2. The first kappa shape index (κ1) is 15.2. The molecule has 118 valence electrons. The molecule has 0 amide bonds. The van der Waals surface area contributed by atoms with E-state index in [1.54, 1.807) is 6.20 Å². The maximum atomic E-state index is 4.19. The van der Waals surface area contributed by atoms with Crippen molar-refractivity contribution in [2.45, 2.75) is 45.6 Å². The second-order valence-electron chi connectivity index (χ2n) is 6.44. The molecule has 0 spiro atoms. The van der Waals surface area contributed by atoms with E-state index in [-0.39, 0.29) is 0 Å². The van der Waals surface area contributed by atoms with Gasteiger partial charge in [-0.2, -0.15) is 5.10 Å². The van der Waals surface area contributed by atoms with Crippen LogP contribution in [0.4, 0.5) is 0 Å². The average Bonchev–Trinajstić information content (AvgIpc) is 3.05. The first-order valence-corrected chi connectivity index (χ1v) is 8.50. The lowest BCUT2D eigenvalue weighted by Gasteiger charge is -2.27. The number of pyridine rings is 1. The van der Waals surface area contributed by atoms with E-state index >= 15 is 0 Å². The molecule has 2 N–H and O–H groups in total. The minimum atomic E-state index is 0.844. The molecule has 22 heavy (non-hydrogen) atoms. The highest BCUT2D eigenvalue weighted by Crippen LogP contribution is 2.30. The molecular formula is C18H26N4. The average molecular weight is 298 g/mol. The first-order valence-electron chi connectivity index (χ1n) is 8.50. The van der Waals surface area contributed by atoms with E-state index in [0.717, 1.165) is 36.2 Å². The van der Waals surface area contributed by atoms with Gasteiger partial charge < -0.3 is 5.32 Å². The quantitative estimate of drug-likeness (QED) is 0.853. The Bertz CT molecular complexity index is 555. The van der Waals surface area contributed by atoms with Gasteiger partial charge in [-0.25, -0.2) is 0 Å². The minimum absolute atomic E-state index is 0.844. The summed E-state index contributed by atoms with van der Waals surface area (Å²) in [6.07, 6.45) is 12.5. The molecule has 0 aliphatic heterocycles. The summed E-state index contributed by atoms with van der Waals surface area (Å²) < 4.78 is 0. The highest BCUT2D eigenvalue weighted by molar-refractivity contribution is 5.61. The number of nitrogens with zero attached hydrogens (tertiary/aromatic N) is 2. The van der Waals surface area contributed by atoms with Crippen LogP contribution in [0, 0.1) is 11.8 Å². The molecule has 2 heterocycles. The third-order valence-corrected chi connectivity index (χ3v) is 4.96. The molecular weight excluding hydrogens is 272 g/mol. The summed E-state index contributed by atoms with van der Waals surface area (Å²) in [6.45, 7) is 4.31. The van der Waals surface area contributed by atoms with Crippen LogP contribution in [-0.4, -0.2) is 21.7 Å². The van der Waals surface area contributed by atoms with Gasteiger partial charge in [0.05, 0.1) is 11.9 Å². The molecule has 0 aromatic carbocycles. The summed E-state index contributed by atoms with van der Waals surface area (Å²) in [5.41, 5.74) is 3.39. The van der Waals surface area contributed by atoms with E-state index in [4.69, 9.17) is 0 Å². The van der Waals surface area contributed by atoms with Gasteiger partial charge in [-0.1, -0.05) is 26.2 Å². The zero-order chi connectivity index (χ0) is 15.2. The minimum Gasteiger partial charge on any atom is -0.312 e. The van der Waals surface area contributed by atoms with Crippen molar-refractivity contribution in [1.29, 1.82) is 0 Å². The molecule has 0 bridgehead atoms. The molecule has 0 saturated heterocycles. The van der Waals surface area contributed by atoms with E-state index in [9.17, 15) is 0 Å². The van der Waals surface area contributed by atoms with Crippen LogP contribution >= 0.6 is 0 Å². The number of hydrogen-bond acceptors (Lipinski definition) is 3. The molecule has 3 rings (SSSR count). The van der Waals surface area contributed by atoms with Gasteiger partial charge in [0.25, 0.3) is 0 Å². The number of hydrogen-bond donors (Lipinski definition) is 2.